The molecule has 20 heavy (non-hydrogen) atoms. The summed E-state index contributed by atoms with van der Waals surface area (Å²) in [6.07, 6.45) is 0. The monoisotopic (exact) mass is 265 g/mol. The van der Waals surface area contributed by atoms with Crippen LogP contribution in [0.1, 0.15) is 15.9 Å². The molecule has 0 spiro atoms. The molecule has 100 valence electrons. The number of nitrogens with zero attached hydrogens (tertiary/aromatic N) is 1. The van der Waals surface area contributed by atoms with Crippen LogP contribution in [0.25, 0.3) is 5.70 Å². The molecule has 0 aromatic heterocycles. The van der Waals surface area contributed by atoms with Crippen LogP contribution in [0.5, 0.6) is 0 Å². The van der Waals surface area contributed by atoms with Gasteiger partial charge < -0.3 is 4.90 Å². The molecule has 0 bridgehead atoms. The van der Waals surface area contributed by atoms with Gasteiger partial charge in [0.05, 0.1) is 0 Å². The number of carbonyl (C=O) groups excluding carboxylic acids is 2. The van der Waals surface area contributed by atoms with Crippen LogP contribution in [0.4, 0.5) is 0 Å². The van der Waals surface area contributed by atoms with E-state index < -0.39 is 11.7 Å². The summed E-state index contributed by atoms with van der Waals surface area (Å²) in [5.74, 6) is -1.13. The van der Waals surface area contributed by atoms with Gasteiger partial charge in [0.1, 0.15) is 0 Å². The van der Waals surface area contributed by atoms with Crippen molar-refractivity contribution >= 4 is 17.4 Å². The summed E-state index contributed by atoms with van der Waals surface area (Å²) in [7, 11) is 1.55. The summed E-state index contributed by atoms with van der Waals surface area (Å²) < 4.78 is 0. The third-order valence-corrected chi connectivity index (χ3v) is 3.05. The van der Waals surface area contributed by atoms with Crippen molar-refractivity contribution in [1.82, 2.24) is 4.90 Å². The quantitative estimate of drug-likeness (QED) is 0.629. The molecule has 0 N–H and O–H groups in total. The first kappa shape index (κ1) is 13.7. The number of carbonyl (C=O) groups is 2. The third-order valence-electron chi connectivity index (χ3n) is 3.05. The van der Waals surface area contributed by atoms with E-state index in [4.69, 9.17) is 0 Å². The van der Waals surface area contributed by atoms with Gasteiger partial charge in [0.15, 0.2) is 0 Å². The number of hydrogen-bond acceptors (Lipinski definition) is 2. The highest BCUT2D eigenvalue weighted by molar-refractivity contribution is 6.43. The summed E-state index contributed by atoms with van der Waals surface area (Å²) in [5.41, 5.74) is 1.69. The molecule has 0 unspecified atom stereocenters. The third kappa shape index (κ3) is 2.83. The highest BCUT2D eigenvalue weighted by atomic mass is 16.2. The molecule has 0 saturated carbocycles. The Bertz CT molecular complexity index is 633. The number of ketones is 1. The molecule has 2 rings (SSSR count). The van der Waals surface area contributed by atoms with Crippen molar-refractivity contribution in [1.29, 1.82) is 0 Å². The standard InChI is InChI=1S/C17H15NO2/c1-13(14-9-5-3-6-10-14)18(2)17(20)16(19)15-11-7-4-8-12-15/h3-12H,1H2,2H3. The fourth-order valence-electron chi connectivity index (χ4n) is 1.81. The normalized spacial score (nSPS) is 9.85. The Hall–Kier alpha value is -2.68. The first-order chi connectivity index (χ1) is 9.61. The molecule has 2 aromatic rings. The Balaban J connectivity index is 2.17. The second kappa shape index (κ2) is 5.97. The maximum atomic E-state index is 12.2. The number of Topliss-reactive ketones (excluding diaryl/α,β-unsaturated/α-hetero) is 1. The Kier molecular flexibility index (Phi) is 4.11. The van der Waals surface area contributed by atoms with E-state index >= 15 is 0 Å². The maximum Gasteiger partial charge on any atom is 0.299 e. The number of likely N-dealkylation sites (N-methyl/N-ethyl adjacent to an activating group) is 1. The number of rotatable bonds is 4. The fraction of sp³-hybridized carbons (Fsp3) is 0.0588. The van der Waals surface area contributed by atoms with Crippen molar-refractivity contribution < 1.29 is 9.59 Å². The number of amides is 1. The summed E-state index contributed by atoms with van der Waals surface area (Å²) >= 11 is 0. The van der Waals surface area contributed by atoms with Crippen LogP contribution >= 0.6 is 0 Å². The molecule has 0 atom stereocenters. The van der Waals surface area contributed by atoms with Gasteiger partial charge >= 0.3 is 0 Å². The number of hydrogen-bond donors (Lipinski definition) is 0. The summed E-state index contributed by atoms with van der Waals surface area (Å²) in [4.78, 5) is 25.5. The van der Waals surface area contributed by atoms with Crippen LogP contribution in [0.15, 0.2) is 67.2 Å². The second-order valence-electron chi connectivity index (χ2n) is 4.37. The van der Waals surface area contributed by atoms with Gasteiger partial charge in [0, 0.05) is 18.3 Å². The summed E-state index contributed by atoms with van der Waals surface area (Å²) in [6.45, 7) is 3.87. The van der Waals surface area contributed by atoms with Gasteiger partial charge in [-0.3, -0.25) is 9.59 Å². The lowest BCUT2D eigenvalue weighted by Gasteiger charge is -2.19. The van der Waals surface area contributed by atoms with E-state index in [0.717, 1.165) is 5.56 Å². The molecular formula is C17H15NO2. The van der Waals surface area contributed by atoms with Crippen LogP contribution in [0, 0.1) is 0 Å². The molecule has 0 aliphatic heterocycles. The van der Waals surface area contributed by atoms with Crippen molar-refractivity contribution in [2.45, 2.75) is 0 Å². The Labute approximate surface area is 118 Å². The molecule has 0 saturated heterocycles. The van der Waals surface area contributed by atoms with E-state index in [1.165, 1.54) is 4.90 Å². The molecule has 0 radical (unpaired) electrons. The zero-order chi connectivity index (χ0) is 14.5. The first-order valence-electron chi connectivity index (χ1n) is 6.23. The van der Waals surface area contributed by atoms with E-state index in [-0.39, 0.29) is 0 Å². The van der Waals surface area contributed by atoms with E-state index in [1.54, 1.807) is 37.4 Å². The zero-order valence-electron chi connectivity index (χ0n) is 11.2. The van der Waals surface area contributed by atoms with Crippen molar-refractivity contribution in [3.63, 3.8) is 0 Å². The Morgan fingerprint density at radius 1 is 0.850 bits per heavy atom. The van der Waals surface area contributed by atoms with Crippen LogP contribution in [0.2, 0.25) is 0 Å². The average molecular weight is 265 g/mol. The molecule has 0 aliphatic carbocycles. The van der Waals surface area contributed by atoms with Crippen LogP contribution < -0.4 is 0 Å². The molecule has 0 aliphatic rings. The van der Waals surface area contributed by atoms with E-state index in [1.807, 2.05) is 30.3 Å². The van der Waals surface area contributed by atoms with Crippen molar-refractivity contribution in [2.24, 2.45) is 0 Å². The maximum absolute atomic E-state index is 12.2. The van der Waals surface area contributed by atoms with Gasteiger partial charge in [0.2, 0.25) is 0 Å². The lowest BCUT2D eigenvalue weighted by molar-refractivity contribution is -0.122. The predicted octanol–water partition coefficient (Wildman–Crippen LogP) is 3.00. The molecule has 1 amide bonds. The average Bonchev–Trinajstić information content (AvgIpc) is 2.53. The van der Waals surface area contributed by atoms with Gasteiger partial charge in [-0.15, -0.1) is 0 Å². The van der Waals surface area contributed by atoms with E-state index in [2.05, 4.69) is 6.58 Å². The van der Waals surface area contributed by atoms with Crippen LogP contribution in [-0.4, -0.2) is 23.6 Å². The molecule has 0 heterocycles. The Morgan fingerprint density at radius 2 is 1.30 bits per heavy atom. The fourth-order valence-corrected chi connectivity index (χ4v) is 1.81. The molecule has 0 fully saturated rings. The minimum Gasteiger partial charge on any atom is -0.309 e. The van der Waals surface area contributed by atoms with Crippen LogP contribution in [0.3, 0.4) is 0 Å². The van der Waals surface area contributed by atoms with Gasteiger partial charge in [-0.25, -0.2) is 0 Å². The molecular weight excluding hydrogens is 250 g/mol. The van der Waals surface area contributed by atoms with E-state index in [0.29, 0.717) is 11.3 Å². The number of benzene rings is 2. The highest BCUT2D eigenvalue weighted by Crippen LogP contribution is 2.16. The topological polar surface area (TPSA) is 37.4 Å². The zero-order valence-corrected chi connectivity index (χ0v) is 11.2. The van der Waals surface area contributed by atoms with Crippen molar-refractivity contribution in [3.05, 3.63) is 78.4 Å². The lowest BCUT2D eigenvalue weighted by atomic mass is 10.1. The van der Waals surface area contributed by atoms with Gasteiger partial charge in [-0.05, 0) is 5.56 Å². The van der Waals surface area contributed by atoms with E-state index in [9.17, 15) is 9.59 Å². The molecule has 3 nitrogen and oxygen atoms in total. The van der Waals surface area contributed by atoms with Crippen molar-refractivity contribution in [2.75, 3.05) is 7.05 Å². The summed E-state index contributed by atoms with van der Waals surface area (Å²) in [5, 5.41) is 0. The largest absolute Gasteiger partial charge is 0.309 e. The summed E-state index contributed by atoms with van der Waals surface area (Å²) in [6, 6.07) is 17.8. The minimum absolute atomic E-state index is 0.380. The molecule has 3 heteroatoms. The second-order valence-corrected chi connectivity index (χ2v) is 4.37. The van der Waals surface area contributed by atoms with Crippen molar-refractivity contribution in [3.8, 4) is 0 Å². The highest BCUT2D eigenvalue weighted by Gasteiger charge is 2.22. The minimum atomic E-state index is -0.593. The lowest BCUT2D eigenvalue weighted by Crippen LogP contribution is -2.31. The van der Waals surface area contributed by atoms with Gasteiger partial charge in [0.25, 0.3) is 11.7 Å². The van der Waals surface area contributed by atoms with Gasteiger partial charge in [-0.2, -0.15) is 0 Å². The SMILES string of the molecule is C=C(c1ccccc1)N(C)C(=O)C(=O)c1ccccc1. The van der Waals surface area contributed by atoms with Crippen LogP contribution in [-0.2, 0) is 4.79 Å². The Morgan fingerprint density at radius 3 is 1.80 bits per heavy atom. The first-order valence-corrected chi connectivity index (χ1v) is 6.23. The smallest absolute Gasteiger partial charge is 0.299 e. The predicted molar refractivity (Wildman–Crippen MR) is 79.0 cm³/mol. The van der Waals surface area contributed by atoms with Gasteiger partial charge in [-0.1, -0.05) is 67.2 Å². The molecule has 2 aromatic carbocycles.